The highest BCUT2D eigenvalue weighted by atomic mass is 35.5. The molecule has 0 N–H and O–H groups in total. The van der Waals surface area contributed by atoms with Crippen LogP contribution in [0.2, 0.25) is 10.0 Å². The van der Waals surface area contributed by atoms with E-state index in [-0.39, 0.29) is 18.0 Å². The van der Waals surface area contributed by atoms with Crippen LogP contribution in [0.1, 0.15) is 5.56 Å². The zero-order chi connectivity index (χ0) is 19.8. The van der Waals surface area contributed by atoms with E-state index in [1.807, 2.05) is 4.90 Å². The maximum atomic E-state index is 12.9. The summed E-state index contributed by atoms with van der Waals surface area (Å²) in [5.41, 5.74) is -0.182. The van der Waals surface area contributed by atoms with E-state index < -0.39 is 21.8 Å². The van der Waals surface area contributed by atoms with Crippen molar-refractivity contribution in [2.24, 2.45) is 0 Å². The second-order valence-corrected chi connectivity index (χ2v) is 8.77. The summed E-state index contributed by atoms with van der Waals surface area (Å²) in [5, 5.41) is 0.819. The molecule has 1 saturated heterocycles. The number of sulfonamides is 1. The van der Waals surface area contributed by atoms with Gasteiger partial charge in [0.15, 0.2) is 0 Å². The molecule has 3 rings (SSSR count). The Balaban J connectivity index is 1.76. The third-order valence-electron chi connectivity index (χ3n) is 4.31. The maximum Gasteiger partial charge on any atom is 0.416 e. The van der Waals surface area contributed by atoms with Crippen LogP contribution in [-0.2, 0) is 16.2 Å². The van der Waals surface area contributed by atoms with Gasteiger partial charge in [-0.2, -0.15) is 17.5 Å². The van der Waals surface area contributed by atoms with E-state index in [1.165, 1.54) is 10.4 Å². The van der Waals surface area contributed by atoms with Gasteiger partial charge in [0.05, 0.1) is 20.5 Å². The fourth-order valence-corrected chi connectivity index (χ4v) is 4.61. The molecule has 1 aliphatic rings. The summed E-state index contributed by atoms with van der Waals surface area (Å²) in [6, 6.07) is 8.93. The van der Waals surface area contributed by atoms with Crippen molar-refractivity contribution >= 4 is 38.9 Å². The van der Waals surface area contributed by atoms with Gasteiger partial charge in [0.25, 0.3) is 0 Å². The monoisotopic (exact) mass is 438 g/mol. The number of halogens is 5. The van der Waals surface area contributed by atoms with Crippen LogP contribution in [0.3, 0.4) is 0 Å². The highest BCUT2D eigenvalue weighted by Crippen LogP contribution is 2.32. The van der Waals surface area contributed by atoms with Crippen molar-refractivity contribution in [1.82, 2.24) is 4.31 Å². The topological polar surface area (TPSA) is 40.6 Å². The van der Waals surface area contributed by atoms with Gasteiger partial charge >= 0.3 is 6.18 Å². The predicted octanol–water partition coefficient (Wildman–Crippen LogP) is 4.52. The van der Waals surface area contributed by atoms with Gasteiger partial charge in [-0.15, -0.1) is 0 Å². The van der Waals surface area contributed by atoms with Crippen molar-refractivity contribution in [2.75, 3.05) is 31.1 Å². The number of hydrogen-bond acceptors (Lipinski definition) is 3. The first kappa shape index (κ1) is 20.3. The number of anilines is 1. The van der Waals surface area contributed by atoms with E-state index in [9.17, 15) is 21.6 Å². The van der Waals surface area contributed by atoms with Gasteiger partial charge in [0, 0.05) is 31.9 Å². The zero-order valence-electron chi connectivity index (χ0n) is 13.9. The molecule has 4 nitrogen and oxygen atoms in total. The Kier molecular flexibility index (Phi) is 5.63. The molecule has 0 unspecified atom stereocenters. The Bertz CT molecular complexity index is 943. The highest BCUT2D eigenvalue weighted by molar-refractivity contribution is 7.89. The Morgan fingerprint density at radius 1 is 0.889 bits per heavy atom. The number of alkyl halides is 3. The molecular weight excluding hydrogens is 424 g/mol. The first-order valence-electron chi connectivity index (χ1n) is 7.96. The van der Waals surface area contributed by atoms with Crippen LogP contribution in [0, 0.1) is 0 Å². The summed E-state index contributed by atoms with van der Waals surface area (Å²) in [5.74, 6) is 0. The molecule has 0 radical (unpaired) electrons. The fraction of sp³-hybridized carbons (Fsp3) is 0.294. The predicted molar refractivity (Wildman–Crippen MR) is 98.9 cm³/mol. The molecule has 1 fully saturated rings. The van der Waals surface area contributed by atoms with Crippen molar-refractivity contribution in [3.8, 4) is 0 Å². The van der Waals surface area contributed by atoms with Gasteiger partial charge in [-0.25, -0.2) is 8.42 Å². The number of nitrogens with zero attached hydrogens (tertiary/aromatic N) is 2. The number of rotatable bonds is 3. The van der Waals surface area contributed by atoms with E-state index in [0.717, 1.165) is 17.8 Å². The average Bonchev–Trinajstić information content (AvgIpc) is 2.63. The number of benzene rings is 2. The molecule has 2 aromatic rings. The third kappa shape index (κ3) is 4.34. The van der Waals surface area contributed by atoms with Crippen LogP contribution >= 0.6 is 23.2 Å². The smallest absolute Gasteiger partial charge is 0.369 e. The summed E-state index contributed by atoms with van der Waals surface area (Å²) in [6.45, 7) is 1.07. The summed E-state index contributed by atoms with van der Waals surface area (Å²) in [6.07, 6.45) is -4.60. The minimum Gasteiger partial charge on any atom is -0.369 e. The minimum atomic E-state index is -4.60. The molecule has 1 aliphatic heterocycles. The zero-order valence-corrected chi connectivity index (χ0v) is 16.2. The molecule has 10 heteroatoms. The Labute approximate surface area is 165 Å². The normalized spacial score (nSPS) is 16.6. The Morgan fingerprint density at radius 3 is 2.15 bits per heavy atom. The molecule has 0 amide bonds. The lowest BCUT2D eigenvalue weighted by atomic mass is 10.2. The summed E-state index contributed by atoms with van der Waals surface area (Å²) >= 11 is 11.9. The fourth-order valence-electron chi connectivity index (χ4n) is 2.85. The quantitative estimate of drug-likeness (QED) is 0.706. The second kappa shape index (κ2) is 7.50. The Morgan fingerprint density at radius 2 is 1.56 bits per heavy atom. The standard InChI is InChI=1S/C17H15Cl2F3N2O2S/c18-15-5-4-13(11-16(15)19)23-6-8-24(9-7-23)27(25,26)14-3-1-2-12(10-14)17(20,21)22/h1-5,10-11H,6-9H2. The maximum absolute atomic E-state index is 12.9. The van der Waals surface area contributed by atoms with Crippen molar-refractivity contribution in [3.05, 3.63) is 58.1 Å². The van der Waals surface area contributed by atoms with Gasteiger partial charge in [-0.05, 0) is 36.4 Å². The van der Waals surface area contributed by atoms with E-state index in [2.05, 4.69) is 0 Å². The molecule has 0 aromatic heterocycles. The lowest BCUT2D eigenvalue weighted by molar-refractivity contribution is -0.137. The first-order chi connectivity index (χ1) is 12.6. The summed E-state index contributed by atoms with van der Waals surface area (Å²) in [7, 11) is -4.01. The van der Waals surface area contributed by atoms with Gasteiger partial charge in [-0.1, -0.05) is 29.3 Å². The van der Waals surface area contributed by atoms with Crippen LogP contribution in [-0.4, -0.2) is 38.9 Å². The van der Waals surface area contributed by atoms with Gasteiger partial charge in [0.2, 0.25) is 10.0 Å². The van der Waals surface area contributed by atoms with E-state index >= 15 is 0 Å². The molecule has 2 aromatic carbocycles. The van der Waals surface area contributed by atoms with Crippen molar-refractivity contribution in [2.45, 2.75) is 11.1 Å². The molecule has 0 aliphatic carbocycles. The van der Waals surface area contributed by atoms with Crippen LogP contribution in [0.15, 0.2) is 47.4 Å². The van der Waals surface area contributed by atoms with Crippen LogP contribution in [0.5, 0.6) is 0 Å². The Hall–Kier alpha value is -1.48. The summed E-state index contributed by atoms with van der Waals surface area (Å²) < 4.78 is 65.2. The minimum absolute atomic E-state index is 0.152. The lowest BCUT2D eigenvalue weighted by Gasteiger charge is -2.35. The molecule has 27 heavy (non-hydrogen) atoms. The molecule has 146 valence electrons. The number of hydrogen-bond donors (Lipinski definition) is 0. The van der Waals surface area contributed by atoms with E-state index in [1.54, 1.807) is 18.2 Å². The van der Waals surface area contributed by atoms with Crippen LogP contribution in [0.25, 0.3) is 0 Å². The summed E-state index contributed by atoms with van der Waals surface area (Å²) in [4.78, 5) is 1.58. The van der Waals surface area contributed by atoms with E-state index in [0.29, 0.717) is 29.2 Å². The number of piperazine rings is 1. The highest BCUT2D eigenvalue weighted by Gasteiger charge is 2.34. The van der Waals surface area contributed by atoms with Crippen LogP contribution < -0.4 is 4.90 Å². The van der Waals surface area contributed by atoms with Crippen molar-refractivity contribution in [3.63, 3.8) is 0 Å². The van der Waals surface area contributed by atoms with Crippen molar-refractivity contribution in [1.29, 1.82) is 0 Å². The SMILES string of the molecule is O=S(=O)(c1cccc(C(F)(F)F)c1)N1CCN(c2ccc(Cl)c(Cl)c2)CC1. The van der Waals surface area contributed by atoms with Gasteiger partial charge in [0.1, 0.15) is 0 Å². The van der Waals surface area contributed by atoms with Crippen molar-refractivity contribution < 1.29 is 21.6 Å². The average molecular weight is 439 g/mol. The molecule has 0 atom stereocenters. The molecule has 0 spiro atoms. The molecule has 1 heterocycles. The van der Waals surface area contributed by atoms with Gasteiger partial charge in [-0.3, -0.25) is 0 Å². The van der Waals surface area contributed by atoms with Crippen LogP contribution in [0.4, 0.5) is 18.9 Å². The molecule has 0 bridgehead atoms. The molecule has 0 saturated carbocycles. The van der Waals surface area contributed by atoms with E-state index in [4.69, 9.17) is 23.2 Å². The third-order valence-corrected chi connectivity index (χ3v) is 6.94. The lowest BCUT2D eigenvalue weighted by Crippen LogP contribution is -2.48. The second-order valence-electron chi connectivity index (χ2n) is 6.02. The van der Waals surface area contributed by atoms with Gasteiger partial charge < -0.3 is 4.90 Å². The largest absolute Gasteiger partial charge is 0.416 e. The first-order valence-corrected chi connectivity index (χ1v) is 10.2. The molecular formula is C17H15Cl2F3N2O2S.